The van der Waals surface area contributed by atoms with Crippen molar-refractivity contribution in [1.29, 1.82) is 0 Å². The van der Waals surface area contributed by atoms with Gasteiger partial charge in [0.05, 0.1) is 12.0 Å². The van der Waals surface area contributed by atoms with E-state index in [2.05, 4.69) is 0 Å². The predicted molar refractivity (Wildman–Crippen MR) is 120 cm³/mol. The number of carbonyl (C=O) groups excluding carboxylic acids is 2. The van der Waals surface area contributed by atoms with Crippen molar-refractivity contribution in [3.8, 4) is 11.5 Å². The first-order chi connectivity index (χ1) is 15.2. The normalized spacial score (nSPS) is 13.8. The summed E-state index contributed by atoms with van der Waals surface area (Å²) >= 11 is 1.57. The predicted octanol–water partition coefficient (Wildman–Crippen LogP) is 4.29. The smallest absolute Gasteiger partial charge is 0.289 e. The number of thioether (sulfide) groups is 1. The van der Waals surface area contributed by atoms with Crippen molar-refractivity contribution >= 4 is 23.6 Å². The minimum Gasteiger partial charge on any atom is -0.459 e. The zero-order valence-electron chi connectivity index (χ0n) is 17.1. The molecule has 3 aromatic rings. The van der Waals surface area contributed by atoms with E-state index in [-0.39, 0.29) is 11.8 Å². The lowest BCUT2D eigenvalue weighted by Crippen LogP contribution is -2.51. The lowest BCUT2D eigenvalue weighted by molar-refractivity contribution is -0.129. The Morgan fingerprint density at radius 3 is 2.32 bits per heavy atom. The highest BCUT2D eigenvalue weighted by Gasteiger charge is 2.25. The molecule has 1 saturated heterocycles. The monoisotopic (exact) mass is 436 g/mol. The van der Waals surface area contributed by atoms with Gasteiger partial charge in [-0.05, 0) is 30.3 Å². The fraction of sp³-hybridized carbons (Fsp3) is 0.250. The molecule has 1 aromatic heterocycles. The number of piperazine rings is 1. The van der Waals surface area contributed by atoms with Gasteiger partial charge in [0.25, 0.3) is 5.91 Å². The topological polar surface area (TPSA) is 63.0 Å². The molecule has 0 spiro atoms. The van der Waals surface area contributed by atoms with E-state index in [4.69, 9.17) is 9.15 Å². The zero-order chi connectivity index (χ0) is 21.5. The standard InChI is InChI=1S/C24H24N2O4S/c27-23(25-12-14-26(15-13-25)24(28)22-11-6-16-29-22)18-31-17-19-7-4-5-10-21(19)30-20-8-2-1-3-9-20/h1-11,16H,12-15,17-18H2. The highest BCUT2D eigenvalue weighted by molar-refractivity contribution is 7.99. The molecule has 2 aromatic carbocycles. The number of nitrogens with zero attached hydrogens (tertiary/aromatic N) is 2. The Morgan fingerprint density at radius 2 is 1.58 bits per heavy atom. The van der Waals surface area contributed by atoms with Crippen LogP contribution < -0.4 is 4.74 Å². The first-order valence-electron chi connectivity index (χ1n) is 10.2. The van der Waals surface area contributed by atoms with E-state index in [9.17, 15) is 9.59 Å². The van der Waals surface area contributed by atoms with Gasteiger partial charge in [-0.25, -0.2) is 0 Å². The van der Waals surface area contributed by atoms with Crippen molar-refractivity contribution in [3.63, 3.8) is 0 Å². The Morgan fingerprint density at radius 1 is 0.871 bits per heavy atom. The lowest BCUT2D eigenvalue weighted by Gasteiger charge is -2.34. The number of para-hydroxylation sites is 2. The number of rotatable bonds is 7. The highest BCUT2D eigenvalue weighted by atomic mass is 32.2. The van der Waals surface area contributed by atoms with Crippen LogP contribution >= 0.6 is 11.8 Å². The Labute approximate surface area is 185 Å². The largest absolute Gasteiger partial charge is 0.459 e. The van der Waals surface area contributed by atoms with Gasteiger partial charge < -0.3 is 19.0 Å². The third kappa shape index (κ3) is 5.49. The molecular formula is C24H24N2O4S. The molecule has 0 atom stereocenters. The molecule has 6 nitrogen and oxygen atoms in total. The van der Waals surface area contributed by atoms with Gasteiger partial charge in [-0.1, -0.05) is 36.4 Å². The minimum absolute atomic E-state index is 0.0940. The fourth-order valence-corrected chi connectivity index (χ4v) is 4.31. The van der Waals surface area contributed by atoms with Gasteiger partial charge in [0.2, 0.25) is 5.91 Å². The number of benzene rings is 2. The quantitative estimate of drug-likeness (QED) is 0.553. The Hall–Kier alpha value is -3.19. The van der Waals surface area contributed by atoms with Crippen LogP contribution in [0.25, 0.3) is 0 Å². The van der Waals surface area contributed by atoms with E-state index in [0.717, 1.165) is 17.1 Å². The van der Waals surface area contributed by atoms with Crippen LogP contribution in [0.5, 0.6) is 11.5 Å². The average molecular weight is 437 g/mol. The molecule has 2 heterocycles. The Kier molecular flexibility index (Phi) is 6.94. The molecular weight excluding hydrogens is 412 g/mol. The minimum atomic E-state index is -0.124. The van der Waals surface area contributed by atoms with Crippen LogP contribution in [0, 0.1) is 0 Å². The molecule has 31 heavy (non-hydrogen) atoms. The number of carbonyl (C=O) groups is 2. The third-order valence-electron chi connectivity index (χ3n) is 5.08. The molecule has 7 heteroatoms. The summed E-state index contributed by atoms with van der Waals surface area (Å²) in [7, 11) is 0. The summed E-state index contributed by atoms with van der Waals surface area (Å²) in [5.74, 6) is 2.98. The molecule has 160 valence electrons. The maximum Gasteiger partial charge on any atom is 0.289 e. The second-order valence-electron chi connectivity index (χ2n) is 7.17. The van der Waals surface area contributed by atoms with Crippen molar-refractivity contribution < 1.29 is 18.7 Å². The van der Waals surface area contributed by atoms with E-state index in [1.54, 1.807) is 28.8 Å². The molecule has 0 radical (unpaired) electrons. The zero-order valence-corrected chi connectivity index (χ0v) is 17.9. The Bertz CT molecular complexity index is 999. The number of hydrogen-bond acceptors (Lipinski definition) is 5. The van der Waals surface area contributed by atoms with Gasteiger partial charge in [0.15, 0.2) is 5.76 Å². The van der Waals surface area contributed by atoms with E-state index < -0.39 is 0 Å². The second kappa shape index (κ2) is 10.2. The van der Waals surface area contributed by atoms with Gasteiger partial charge in [-0.15, -0.1) is 11.8 Å². The van der Waals surface area contributed by atoms with E-state index in [1.165, 1.54) is 6.26 Å². The van der Waals surface area contributed by atoms with Crippen molar-refractivity contribution in [2.75, 3.05) is 31.9 Å². The number of amides is 2. The summed E-state index contributed by atoms with van der Waals surface area (Å²) in [5.41, 5.74) is 1.05. The van der Waals surface area contributed by atoms with E-state index >= 15 is 0 Å². The van der Waals surface area contributed by atoms with Crippen LogP contribution in [0.1, 0.15) is 16.1 Å². The average Bonchev–Trinajstić information content (AvgIpc) is 3.35. The Balaban J connectivity index is 1.24. The first kappa shape index (κ1) is 21.1. The first-order valence-corrected chi connectivity index (χ1v) is 11.4. The summed E-state index contributed by atoms with van der Waals surface area (Å²) in [4.78, 5) is 28.5. The summed E-state index contributed by atoms with van der Waals surface area (Å²) in [6.45, 7) is 2.12. The van der Waals surface area contributed by atoms with Crippen molar-refractivity contribution in [2.45, 2.75) is 5.75 Å². The molecule has 1 fully saturated rings. The van der Waals surface area contributed by atoms with Gasteiger partial charge in [0.1, 0.15) is 11.5 Å². The number of furan rings is 1. The second-order valence-corrected chi connectivity index (χ2v) is 8.15. The van der Waals surface area contributed by atoms with E-state index in [0.29, 0.717) is 43.4 Å². The third-order valence-corrected chi connectivity index (χ3v) is 6.04. The summed E-state index contributed by atoms with van der Waals surface area (Å²) < 4.78 is 11.2. The molecule has 1 aliphatic heterocycles. The van der Waals surface area contributed by atoms with Crippen LogP contribution in [0.4, 0.5) is 0 Å². The summed E-state index contributed by atoms with van der Waals surface area (Å²) in [5, 5.41) is 0. The van der Waals surface area contributed by atoms with Crippen LogP contribution in [-0.2, 0) is 10.5 Å². The number of hydrogen-bond donors (Lipinski definition) is 0. The molecule has 0 N–H and O–H groups in total. The summed E-state index contributed by atoms with van der Waals surface area (Å²) in [6.07, 6.45) is 1.49. The van der Waals surface area contributed by atoms with Crippen LogP contribution in [0.15, 0.2) is 77.4 Å². The van der Waals surface area contributed by atoms with Crippen molar-refractivity contribution in [1.82, 2.24) is 9.80 Å². The lowest BCUT2D eigenvalue weighted by atomic mass is 10.2. The highest BCUT2D eigenvalue weighted by Crippen LogP contribution is 2.28. The van der Waals surface area contributed by atoms with Crippen LogP contribution in [0.2, 0.25) is 0 Å². The van der Waals surface area contributed by atoms with E-state index in [1.807, 2.05) is 59.5 Å². The number of ether oxygens (including phenoxy) is 1. The van der Waals surface area contributed by atoms with Crippen molar-refractivity contribution in [3.05, 3.63) is 84.3 Å². The van der Waals surface area contributed by atoms with Gasteiger partial charge in [-0.3, -0.25) is 9.59 Å². The SMILES string of the molecule is O=C(CSCc1ccccc1Oc1ccccc1)N1CCN(C(=O)c2ccco2)CC1. The maximum atomic E-state index is 12.6. The molecule has 4 rings (SSSR count). The van der Waals surface area contributed by atoms with Gasteiger partial charge >= 0.3 is 0 Å². The fourth-order valence-electron chi connectivity index (χ4n) is 3.39. The van der Waals surface area contributed by atoms with Crippen molar-refractivity contribution in [2.24, 2.45) is 0 Å². The molecule has 0 bridgehead atoms. The summed E-state index contributed by atoms with van der Waals surface area (Å²) in [6, 6.07) is 20.9. The molecule has 0 saturated carbocycles. The molecule has 1 aliphatic rings. The maximum absolute atomic E-state index is 12.6. The van der Waals surface area contributed by atoms with Crippen LogP contribution in [-0.4, -0.2) is 53.5 Å². The van der Waals surface area contributed by atoms with Gasteiger partial charge in [-0.2, -0.15) is 0 Å². The van der Waals surface area contributed by atoms with Crippen LogP contribution in [0.3, 0.4) is 0 Å². The van der Waals surface area contributed by atoms with Gasteiger partial charge in [0, 0.05) is 37.5 Å². The molecule has 2 amide bonds. The molecule has 0 aliphatic carbocycles. The molecule has 0 unspecified atom stereocenters.